The first-order chi connectivity index (χ1) is 6.36. The molecule has 1 aromatic heterocycles. The molecule has 1 N–H and O–H groups in total. The van der Waals surface area contributed by atoms with E-state index >= 15 is 0 Å². The Kier molecular flexibility index (Phi) is 1.89. The topological polar surface area (TPSA) is 28.7 Å². The van der Waals surface area contributed by atoms with E-state index in [9.17, 15) is 0 Å². The van der Waals surface area contributed by atoms with Gasteiger partial charge < -0.3 is 0 Å². The molecule has 2 aromatic rings. The van der Waals surface area contributed by atoms with Crippen LogP contribution in [-0.2, 0) is 6.42 Å². The first-order valence-corrected chi connectivity index (χ1v) is 4.45. The highest BCUT2D eigenvalue weighted by molar-refractivity contribution is 5.89. The van der Waals surface area contributed by atoms with Crippen LogP contribution in [0.5, 0.6) is 0 Å². The van der Waals surface area contributed by atoms with E-state index in [4.69, 9.17) is 0 Å². The zero-order chi connectivity index (χ0) is 9.26. The van der Waals surface area contributed by atoms with Crippen LogP contribution in [0.4, 0.5) is 0 Å². The fraction of sp³-hybridized carbons (Fsp3) is 0.182. The molecule has 0 spiro atoms. The monoisotopic (exact) mass is 172 g/mol. The molecule has 0 aliphatic rings. The molecule has 0 saturated heterocycles. The number of benzene rings is 1. The van der Waals surface area contributed by atoms with E-state index in [-0.39, 0.29) is 0 Å². The van der Waals surface area contributed by atoms with E-state index in [1.54, 1.807) is 0 Å². The van der Waals surface area contributed by atoms with Gasteiger partial charge in [0.2, 0.25) is 0 Å². The molecule has 0 aliphatic carbocycles. The van der Waals surface area contributed by atoms with Crippen LogP contribution in [0.15, 0.2) is 24.8 Å². The molecule has 1 heterocycles. The molecule has 0 bridgehead atoms. The zero-order valence-electron chi connectivity index (χ0n) is 7.67. The maximum Gasteiger partial charge on any atom is 0.0929 e. The number of fused-ring (bicyclic) bond motifs is 1. The average molecular weight is 172 g/mol. The normalized spacial score (nSPS) is 10.5. The minimum absolute atomic E-state index is 0.974. The number of nitrogens with one attached hydrogen (secondary N) is 1. The van der Waals surface area contributed by atoms with Gasteiger partial charge in [-0.25, -0.2) is 0 Å². The summed E-state index contributed by atoms with van der Waals surface area (Å²) >= 11 is 0. The second-order valence-corrected chi connectivity index (χ2v) is 3.00. The van der Waals surface area contributed by atoms with E-state index in [2.05, 4.69) is 29.8 Å². The van der Waals surface area contributed by atoms with Crippen molar-refractivity contribution >= 4 is 17.0 Å². The fourth-order valence-electron chi connectivity index (χ4n) is 1.59. The molecule has 66 valence electrons. The molecule has 2 nitrogen and oxygen atoms in total. The van der Waals surface area contributed by atoms with Crippen LogP contribution >= 0.6 is 0 Å². The van der Waals surface area contributed by atoms with Gasteiger partial charge in [-0.1, -0.05) is 31.7 Å². The maximum absolute atomic E-state index is 4.23. The minimum Gasteiger partial charge on any atom is -0.281 e. The van der Waals surface area contributed by atoms with Gasteiger partial charge in [0.25, 0.3) is 0 Å². The number of aromatic nitrogens is 2. The number of aryl methyl sites for hydroxylation is 1. The van der Waals surface area contributed by atoms with E-state index in [0.717, 1.165) is 17.5 Å². The maximum atomic E-state index is 4.23. The van der Waals surface area contributed by atoms with Crippen molar-refractivity contribution in [1.29, 1.82) is 0 Å². The van der Waals surface area contributed by atoms with Crippen LogP contribution in [0.25, 0.3) is 17.0 Å². The van der Waals surface area contributed by atoms with Crippen LogP contribution in [0.2, 0.25) is 0 Å². The largest absolute Gasteiger partial charge is 0.281 e. The SMILES string of the molecule is C=Cc1cccc2n[nH]c(CC)c12. The van der Waals surface area contributed by atoms with Gasteiger partial charge >= 0.3 is 0 Å². The van der Waals surface area contributed by atoms with Gasteiger partial charge in [-0.15, -0.1) is 0 Å². The number of rotatable bonds is 2. The summed E-state index contributed by atoms with van der Waals surface area (Å²) in [6, 6.07) is 6.07. The molecule has 0 saturated carbocycles. The molecule has 2 heteroatoms. The Bertz CT molecular complexity index is 440. The van der Waals surface area contributed by atoms with Crippen LogP contribution in [-0.4, -0.2) is 10.2 Å². The lowest BCUT2D eigenvalue weighted by molar-refractivity contribution is 0.988. The Morgan fingerprint density at radius 2 is 2.38 bits per heavy atom. The molecule has 1 aromatic carbocycles. The Hall–Kier alpha value is -1.57. The van der Waals surface area contributed by atoms with Crippen molar-refractivity contribution in [2.24, 2.45) is 0 Å². The first-order valence-electron chi connectivity index (χ1n) is 4.45. The molecule has 0 radical (unpaired) electrons. The van der Waals surface area contributed by atoms with Gasteiger partial charge in [0.1, 0.15) is 0 Å². The number of H-pyrrole nitrogens is 1. The number of aromatic amines is 1. The van der Waals surface area contributed by atoms with E-state index in [1.807, 2.05) is 18.2 Å². The van der Waals surface area contributed by atoms with Gasteiger partial charge in [0.05, 0.1) is 5.52 Å². The number of hydrogen-bond donors (Lipinski definition) is 1. The lowest BCUT2D eigenvalue weighted by Gasteiger charge is -1.97. The fourth-order valence-corrected chi connectivity index (χ4v) is 1.59. The number of nitrogens with zero attached hydrogens (tertiary/aromatic N) is 1. The lowest BCUT2D eigenvalue weighted by Crippen LogP contribution is -1.82. The zero-order valence-corrected chi connectivity index (χ0v) is 7.67. The summed E-state index contributed by atoms with van der Waals surface area (Å²) < 4.78 is 0. The molecular formula is C11H12N2. The average Bonchev–Trinajstić information content (AvgIpc) is 2.60. The third-order valence-corrected chi connectivity index (χ3v) is 2.26. The highest BCUT2D eigenvalue weighted by Gasteiger charge is 2.05. The van der Waals surface area contributed by atoms with Crippen molar-refractivity contribution in [3.05, 3.63) is 36.0 Å². The van der Waals surface area contributed by atoms with Crippen molar-refractivity contribution in [3.63, 3.8) is 0 Å². The van der Waals surface area contributed by atoms with Crippen LogP contribution < -0.4 is 0 Å². The third kappa shape index (κ3) is 1.15. The molecular weight excluding hydrogens is 160 g/mol. The van der Waals surface area contributed by atoms with Crippen molar-refractivity contribution in [2.45, 2.75) is 13.3 Å². The summed E-state index contributed by atoms with van der Waals surface area (Å²) in [6.07, 6.45) is 2.85. The standard InChI is InChI=1S/C11H12N2/c1-3-8-6-5-7-10-11(8)9(4-2)12-13-10/h3,5-7H,1,4H2,2H3,(H,12,13). The Morgan fingerprint density at radius 3 is 3.08 bits per heavy atom. The Balaban J connectivity index is 2.83. The van der Waals surface area contributed by atoms with E-state index in [1.165, 1.54) is 11.1 Å². The summed E-state index contributed by atoms with van der Waals surface area (Å²) in [4.78, 5) is 0. The summed E-state index contributed by atoms with van der Waals surface area (Å²) in [5.41, 5.74) is 3.36. The predicted molar refractivity (Wildman–Crippen MR) is 55.6 cm³/mol. The summed E-state index contributed by atoms with van der Waals surface area (Å²) in [7, 11) is 0. The summed E-state index contributed by atoms with van der Waals surface area (Å²) in [5, 5.41) is 8.47. The molecule has 0 fully saturated rings. The lowest BCUT2D eigenvalue weighted by atomic mass is 10.1. The van der Waals surface area contributed by atoms with Crippen LogP contribution in [0, 0.1) is 0 Å². The molecule has 2 rings (SSSR count). The summed E-state index contributed by atoms with van der Waals surface area (Å²) in [5.74, 6) is 0. The molecule has 0 atom stereocenters. The first kappa shape index (κ1) is 8.05. The van der Waals surface area contributed by atoms with E-state index < -0.39 is 0 Å². The molecule has 13 heavy (non-hydrogen) atoms. The number of hydrogen-bond acceptors (Lipinski definition) is 1. The van der Waals surface area contributed by atoms with Crippen LogP contribution in [0.3, 0.4) is 0 Å². The van der Waals surface area contributed by atoms with Crippen molar-refractivity contribution in [1.82, 2.24) is 10.2 Å². The smallest absolute Gasteiger partial charge is 0.0929 e. The molecule has 0 aliphatic heterocycles. The van der Waals surface area contributed by atoms with Gasteiger partial charge in [0.15, 0.2) is 0 Å². The molecule has 0 unspecified atom stereocenters. The quantitative estimate of drug-likeness (QED) is 0.741. The van der Waals surface area contributed by atoms with Crippen molar-refractivity contribution < 1.29 is 0 Å². The van der Waals surface area contributed by atoms with Crippen molar-refractivity contribution in [3.8, 4) is 0 Å². The second kappa shape index (κ2) is 3.05. The van der Waals surface area contributed by atoms with Crippen molar-refractivity contribution in [2.75, 3.05) is 0 Å². The Labute approximate surface area is 77.3 Å². The summed E-state index contributed by atoms with van der Waals surface area (Å²) in [6.45, 7) is 5.91. The highest BCUT2D eigenvalue weighted by atomic mass is 15.1. The Morgan fingerprint density at radius 1 is 1.54 bits per heavy atom. The predicted octanol–water partition coefficient (Wildman–Crippen LogP) is 2.77. The van der Waals surface area contributed by atoms with Gasteiger partial charge in [0, 0.05) is 11.1 Å². The van der Waals surface area contributed by atoms with Crippen LogP contribution in [0.1, 0.15) is 18.2 Å². The van der Waals surface area contributed by atoms with E-state index in [0.29, 0.717) is 0 Å². The molecule has 0 amide bonds. The minimum atomic E-state index is 0.974. The highest BCUT2D eigenvalue weighted by Crippen LogP contribution is 2.21. The second-order valence-electron chi connectivity index (χ2n) is 3.00. The van der Waals surface area contributed by atoms with Gasteiger partial charge in [-0.05, 0) is 18.1 Å². The third-order valence-electron chi connectivity index (χ3n) is 2.26. The van der Waals surface area contributed by atoms with Gasteiger partial charge in [-0.2, -0.15) is 5.10 Å². The van der Waals surface area contributed by atoms with Gasteiger partial charge in [-0.3, -0.25) is 5.10 Å².